The summed E-state index contributed by atoms with van der Waals surface area (Å²) in [6.45, 7) is 1.31. The average molecular weight is 346 g/mol. The number of pyridine rings is 1. The third kappa shape index (κ3) is 5.19. The zero-order valence-corrected chi connectivity index (χ0v) is 12.4. The Balaban J connectivity index is 2.37. The molecule has 2 nitrogen and oxygen atoms in total. The van der Waals surface area contributed by atoms with Crippen molar-refractivity contribution in [2.45, 2.75) is 18.3 Å². The molecule has 0 saturated carbocycles. The van der Waals surface area contributed by atoms with Crippen molar-refractivity contribution in [2.75, 3.05) is 12.4 Å². The summed E-state index contributed by atoms with van der Waals surface area (Å²) in [6, 6.07) is 1.82. The number of nitrogens with one attached hydrogen (secondary N) is 1. The van der Waals surface area contributed by atoms with Gasteiger partial charge in [0, 0.05) is 35.0 Å². The first-order valence-electron chi connectivity index (χ1n) is 4.84. The lowest BCUT2D eigenvalue weighted by molar-refractivity contribution is 0.640. The molecule has 0 fully saturated rings. The molecule has 1 heterocycles. The molecule has 0 aliphatic heterocycles. The minimum Gasteiger partial charge on any atom is -0.310 e. The third-order valence-electron chi connectivity index (χ3n) is 1.96. The van der Waals surface area contributed by atoms with E-state index in [4.69, 9.17) is 34.8 Å². The molecule has 0 bridgehead atoms. The van der Waals surface area contributed by atoms with Crippen LogP contribution in [0.4, 0.5) is 0 Å². The Hall–Kier alpha value is 0.460. The fourth-order valence-electron chi connectivity index (χ4n) is 1.14. The SMILES string of the molecule is ClCCC(Cl)CNCc1ncc(Br)cc1Cl. The Morgan fingerprint density at radius 1 is 1.50 bits per heavy atom. The molecule has 0 saturated heterocycles. The van der Waals surface area contributed by atoms with Crippen LogP contribution in [0.1, 0.15) is 12.1 Å². The summed E-state index contributed by atoms with van der Waals surface area (Å²) in [5.74, 6) is 0.577. The van der Waals surface area contributed by atoms with E-state index in [1.807, 2.05) is 6.07 Å². The van der Waals surface area contributed by atoms with E-state index in [0.29, 0.717) is 24.0 Å². The molecular weight excluding hydrogens is 334 g/mol. The quantitative estimate of drug-likeness (QED) is 0.792. The Morgan fingerprint density at radius 3 is 2.88 bits per heavy atom. The van der Waals surface area contributed by atoms with Crippen molar-refractivity contribution in [1.29, 1.82) is 0 Å². The summed E-state index contributed by atoms with van der Waals surface area (Å²) in [7, 11) is 0. The first-order chi connectivity index (χ1) is 7.63. The fraction of sp³-hybridized carbons (Fsp3) is 0.500. The van der Waals surface area contributed by atoms with Gasteiger partial charge in [-0.1, -0.05) is 11.6 Å². The maximum absolute atomic E-state index is 6.02. The molecule has 1 rings (SSSR count). The Kier molecular flexibility index (Phi) is 7.01. The lowest BCUT2D eigenvalue weighted by Gasteiger charge is -2.09. The van der Waals surface area contributed by atoms with Gasteiger partial charge in [-0.25, -0.2) is 0 Å². The maximum Gasteiger partial charge on any atom is 0.0728 e. The van der Waals surface area contributed by atoms with Crippen molar-refractivity contribution < 1.29 is 0 Å². The van der Waals surface area contributed by atoms with Crippen LogP contribution in [0.15, 0.2) is 16.7 Å². The lowest BCUT2D eigenvalue weighted by Crippen LogP contribution is -2.23. The predicted molar refractivity (Wildman–Crippen MR) is 73.6 cm³/mol. The zero-order valence-electron chi connectivity index (χ0n) is 8.52. The van der Waals surface area contributed by atoms with Gasteiger partial charge in [-0.3, -0.25) is 4.98 Å². The van der Waals surface area contributed by atoms with E-state index in [2.05, 4.69) is 26.2 Å². The van der Waals surface area contributed by atoms with E-state index < -0.39 is 0 Å². The summed E-state index contributed by atoms with van der Waals surface area (Å²) < 4.78 is 0.874. The van der Waals surface area contributed by atoms with Gasteiger partial charge in [0.2, 0.25) is 0 Å². The topological polar surface area (TPSA) is 24.9 Å². The number of alkyl halides is 2. The van der Waals surface area contributed by atoms with Gasteiger partial charge >= 0.3 is 0 Å². The Labute approximate surface area is 119 Å². The van der Waals surface area contributed by atoms with E-state index in [1.54, 1.807) is 6.20 Å². The molecule has 0 amide bonds. The van der Waals surface area contributed by atoms with Crippen LogP contribution in [0.5, 0.6) is 0 Å². The standard InChI is InChI=1S/C10H12BrCl3N2/c11-7-3-9(14)10(16-4-7)6-15-5-8(13)1-2-12/h3-4,8,15H,1-2,5-6H2. The Morgan fingerprint density at radius 2 is 2.25 bits per heavy atom. The van der Waals surface area contributed by atoms with Crippen molar-refractivity contribution in [3.05, 3.63) is 27.5 Å². The van der Waals surface area contributed by atoms with Crippen molar-refractivity contribution in [1.82, 2.24) is 10.3 Å². The van der Waals surface area contributed by atoms with Crippen molar-refractivity contribution in [3.8, 4) is 0 Å². The molecule has 0 radical (unpaired) electrons. The van der Waals surface area contributed by atoms with Crippen molar-refractivity contribution in [3.63, 3.8) is 0 Å². The van der Waals surface area contributed by atoms with Crippen LogP contribution in [0, 0.1) is 0 Å². The molecule has 0 aromatic carbocycles. The summed E-state index contributed by atoms with van der Waals surface area (Å²) in [6.07, 6.45) is 2.51. The normalized spacial score (nSPS) is 12.8. The molecule has 0 aliphatic rings. The number of rotatable bonds is 6. The van der Waals surface area contributed by atoms with Crippen LogP contribution < -0.4 is 5.32 Å². The van der Waals surface area contributed by atoms with Crippen molar-refractivity contribution in [2.24, 2.45) is 0 Å². The highest BCUT2D eigenvalue weighted by Gasteiger charge is 2.05. The number of hydrogen-bond donors (Lipinski definition) is 1. The molecular formula is C10H12BrCl3N2. The van der Waals surface area contributed by atoms with E-state index in [0.717, 1.165) is 16.6 Å². The van der Waals surface area contributed by atoms with E-state index in [-0.39, 0.29) is 5.38 Å². The minimum atomic E-state index is 0.0479. The van der Waals surface area contributed by atoms with E-state index in [9.17, 15) is 0 Å². The number of halogens is 4. The van der Waals surface area contributed by atoms with Gasteiger partial charge < -0.3 is 5.32 Å². The zero-order chi connectivity index (χ0) is 12.0. The highest BCUT2D eigenvalue weighted by Crippen LogP contribution is 2.18. The molecule has 0 spiro atoms. The maximum atomic E-state index is 6.02. The fourth-order valence-corrected chi connectivity index (χ4v) is 2.43. The van der Waals surface area contributed by atoms with Gasteiger partial charge in [-0.05, 0) is 28.4 Å². The largest absolute Gasteiger partial charge is 0.310 e. The van der Waals surface area contributed by atoms with Gasteiger partial charge in [0.05, 0.1) is 10.7 Å². The molecule has 1 aromatic rings. The van der Waals surface area contributed by atoms with Gasteiger partial charge in [-0.15, -0.1) is 23.2 Å². The van der Waals surface area contributed by atoms with Crippen LogP contribution in [-0.4, -0.2) is 22.8 Å². The molecule has 90 valence electrons. The molecule has 16 heavy (non-hydrogen) atoms. The van der Waals surface area contributed by atoms with E-state index >= 15 is 0 Å². The van der Waals surface area contributed by atoms with Gasteiger partial charge in [0.15, 0.2) is 0 Å². The second kappa shape index (κ2) is 7.72. The van der Waals surface area contributed by atoms with Crippen molar-refractivity contribution >= 4 is 50.7 Å². The smallest absolute Gasteiger partial charge is 0.0728 e. The number of hydrogen-bond acceptors (Lipinski definition) is 2. The van der Waals surface area contributed by atoms with E-state index in [1.165, 1.54) is 0 Å². The lowest BCUT2D eigenvalue weighted by atomic mass is 10.3. The van der Waals surface area contributed by atoms with Crippen LogP contribution in [-0.2, 0) is 6.54 Å². The van der Waals surface area contributed by atoms with Gasteiger partial charge in [-0.2, -0.15) is 0 Å². The number of aromatic nitrogens is 1. The van der Waals surface area contributed by atoms with Crippen LogP contribution in [0.25, 0.3) is 0 Å². The first-order valence-corrected chi connectivity index (χ1v) is 6.98. The molecule has 1 atom stereocenters. The van der Waals surface area contributed by atoms with Crippen LogP contribution in [0.3, 0.4) is 0 Å². The average Bonchev–Trinajstić information content (AvgIpc) is 2.22. The molecule has 1 aromatic heterocycles. The molecule has 6 heteroatoms. The monoisotopic (exact) mass is 344 g/mol. The Bertz CT molecular complexity index is 336. The molecule has 1 N–H and O–H groups in total. The molecule has 1 unspecified atom stereocenters. The second-order valence-electron chi connectivity index (χ2n) is 3.29. The summed E-state index contributed by atoms with van der Waals surface area (Å²) in [4.78, 5) is 4.21. The van der Waals surface area contributed by atoms with Crippen LogP contribution >= 0.6 is 50.7 Å². The minimum absolute atomic E-state index is 0.0479. The van der Waals surface area contributed by atoms with Gasteiger partial charge in [0.25, 0.3) is 0 Å². The second-order valence-corrected chi connectivity index (χ2v) is 5.61. The highest BCUT2D eigenvalue weighted by molar-refractivity contribution is 9.10. The number of nitrogens with zero attached hydrogens (tertiary/aromatic N) is 1. The predicted octanol–water partition coefficient (Wildman–Crippen LogP) is 3.82. The third-order valence-corrected chi connectivity index (χ3v) is 3.32. The van der Waals surface area contributed by atoms with Crippen LogP contribution in [0.2, 0.25) is 5.02 Å². The molecule has 0 aliphatic carbocycles. The first kappa shape index (κ1) is 14.5. The highest BCUT2D eigenvalue weighted by atomic mass is 79.9. The summed E-state index contributed by atoms with van der Waals surface area (Å²) in [5, 5.41) is 3.89. The summed E-state index contributed by atoms with van der Waals surface area (Å²) in [5.41, 5.74) is 0.819. The summed E-state index contributed by atoms with van der Waals surface area (Å²) >= 11 is 20.9. The van der Waals surface area contributed by atoms with Gasteiger partial charge in [0.1, 0.15) is 0 Å².